The molecule has 0 aliphatic heterocycles. The molecule has 0 unspecified atom stereocenters. The van der Waals surface area contributed by atoms with Crippen LogP contribution in [0.2, 0.25) is 19.6 Å². The third-order valence-corrected chi connectivity index (χ3v) is 0. The third kappa shape index (κ3) is 57.5. The van der Waals surface area contributed by atoms with E-state index in [1.165, 1.54) is 0 Å². The summed E-state index contributed by atoms with van der Waals surface area (Å²) in [5.74, 6) is 0. The third-order valence-electron chi connectivity index (χ3n) is 0. The molecule has 0 aromatic rings. The molecule has 0 bridgehead atoms. The van der Waals surface area contributed by atoms with Gasteiger partial charge >= 0.3 is 18.9 Å². The summed E-state index contributed by atoms with van der Waals surface area (Å²) < 4.78 is 0. The molecule has 0 saturated carbocycles. The van der Waals surface area contributed by atoms with Crippen molar-refractivity contribution in [3.8, 4) is 0 Å². The molecule has 0 aromatic carbocycles. The van der Waals surface area contributed by atoms with Crippen LogP contribution in [0.25, 0.3) is 0 Å². The van der Waals surface area contributed by atoms with Gasteiger partial charge in [-0.25, -0.2) is 0 Å². The molecule has 0 heterocycles. The molecule has 0 atom stereocenters. The van der Waals surface area contributed by atoms with Crippen molar-refractivity contribution >= 4 is 27.7 Å². The summed E-state index contributed by atoms with van der Waals surface area (Å²) in [6.45, 7) is 6.81. The van der Waals surface area contributed by atoms with Crippen LogP contribution in [0.1, 0.15) is 0 Å². The van der Waals surface area contributed by atoms with Crippen LogP contribution in [0.15, 0.2) is 0 Å². The van der Waals surface area contributed by atoms with E-state index < -0.39 is 0 Å². The van der Waals surface area contributed by atoms with Gasteiger partial charge in [0.1, 0.15) is 0 Å². The van der Waals surface area contributed by atoms with Crippen molar-refractivity contribution in [3.05, 3.63) is 0 Å². The van der Waals surface area contributed by atoms with Crippen molar-refractivity contribution in [1.82, 2.24) is 0 Å². The van der Waals surface area contributed by atoms with Gasteiger partial charge in [0.25, 0.3) is 0 Å². The second-order valence-electron chi connectivity index (χ2n) is 1.50. The summed E-state index contributed by atoms with van der Waals surface area (Å²) in [5, 5.41) is 0. The van der Waals surface area contributed by atoms with E-state index >= 15 is 0 Å². The minimum atomic E-state index is 0. The van der Waals surface area contributed by atoms with Crippen LogP contribution in [0.4, 0.5) is 0 Å². The fourth-order valence-corrected chi connectivity index (χ4v) is 0. The molecule has 0 N–H and O–H groups in total. The van der Waals surface area contributed by atoms with Crippen LogP contribution in [-0.4, -0.2) is 27.7 Å². The van der Waals surface area contributed by atoms with E-state index in [2.05, 4.69) is 19.6 Å². The van der Waals surface area contributed by atoms with Gasteiger partial charge in [-0.2, -0.15) is 0 Å². The first kappa shape index (κ1) is 9.26. The number of hydrogen-bond donors (Lipinski definition) is 0. The molecule has 0 aliphatic rings. The van der Waals surface area contributed by atoms with E-state index in [-0.39, 0.29) is 27.7 Å². The summed E-state index contributed by atoms with van der Waals surface area (Å²) in [5.41, 5.74) is 0. The molecule has 2 heteroatoms. The summed E-state index contributed by atoms with van der Waals surface area (Å²) in [4.78, 5) is 0. The van der Waals surface area contributed by atoms with E-state index in [0.29, 0.717) is 0 Å². The average molecular weight is 81.1 g/mol. The van der Waals surface area contributed by atoms with Gasteiger partial charge in [0.2, 0.25) is 0 Å². The van der Waals surface area contributed by atoms with E-state index in [1.54, 1.807) is 0 Å². The Kier molecular flexibility index (Phi) is 8.92. The minimum absolute atomic E-state index is 0. The molecule has 0 amide bonds. The van der Waals surface area contributed by atoms with Crippen molar-refractivity contribution < 1.29 is 0 Å². The average Bonchev–Trinajstić information content (AvgIpc) is 0.811. The van der Waals surface area contributed by atoms with Gasteiger partial charge < -0.3 is 0 Å². The number of rotatable bonds is 0. The van der Waals surface area contributed by atoms with Gasteiger partial charge in [-0.15, -0.1) is 0 Å². The Morgan fingerprint density at radius 2 is 1.00 bits per heavy atom. The molecular weight excluding hydrogens is 71.1 g/mol. The second-order valence-corrected chi connectivity index (χ2v) is 4.50. The molecule has 0 aromatic heterocycles. The number of hydrogen-bond acceptors (Lipinski definition) is 0. The monoisotopic (exact) mass is 81.1 g/mol. The Morgan fingerprint density at radius 1 is 1.00 bits per heavy atom. The van der Waals surface area contributed by atoms with E-state index in [9.17, 15) is 0 Å². The SMILES string of the molecule is C[Si](C)C.[LiH]. The zero-order valence-corrected chi connectivity index (χ0v) is 4.50. The first-order valence-electron chi connectivity index (χ1n) is 1.50. The van der Waals surface area contributed by atoms with Gasteiger partial charge in [0, 0.05) is 8.80 Å². The molecule has 27 valence electrons. The van der Waals surface area contributed by atoms with Crippen LogP contribution < -0.4 is 0 Å². The van der Waals surface area contributed by atoms with Gasteiger partial charge in [0.05, 0.1) is 0 Å². The first-order chi connectivity index (χ1) is 1.73. The van der Waals surface area contributed by atoms with Crippen LogP contribution in [0, 0.1) is 0 Å². The standard InChI is InChI=1S/C3H9Si.Li.H/c1-4(2)3;;/h1-3H3;;. The molecule has 1 radical (unpaired) electrons. The predicted molar refractivity (Wildman–Crippen MR) is 30.5 cm³/mol. The van der Waals surface area contributed by atoms with Crippen molar-refractivity contribution in [3.63, 3.8) is 0 Å². The van der Waals surface area contributed by atoms with Crippen molar-refractivity contribution in [2.75, 3.05) is 0 Å². The van der Waals surface area contributed by atoms with Crippen LogP contribution in [0.5, 0.6) is 0 Å². The Morgan fingerprint density at radius 3 is 1.00 bits per heavy atom. The molecular formula is C3H10LiSi. The molecule has 5 heavy (non-hydrogen) atoms. The van der Waals surface area contributed by atoms with Crippen molar-refractivity contribution in [2.45, 2.75) is 19.6 Å². The Hall–Kier alpha value is 0.814. The zero-order valence-electron chi connectivity index (χ0n) is 3.50. The Balaban J connectivity index is 0. The second kappa shape index (κ2) is 4.81. The van der Waals surface area contributed by atoms with Crippen LogP contribution in [0.3, 0.4) is 0 Å². The van der Waals surface area contributed by atoms with Crippen molar-refractivity contribution in [2.24, 2.45) is 0 Å². The first-order valence-corrected chi connectivity index (χ1v) is 4.50. The topological polar surface area (TPSA) is 0 Å². The Bertz CT molecular complexity index is 11.6. The van der Waals surface area contributed by atoms with Gasteiger partial charge in [0.15, 0.2) is 0 Å². The molecule has 0 spiro atoms. The molecule has 0 fully saturated rings. The van der Waals surface area contributed by atoms with Gasteiger partial charge in [-0.05, 0) is 0 Å². The molecule has 0 rings (SSSR count). The van der Waals surface area contributed by atoms with Gasteiger partial charge in [-0.3, -0.25) is 0 Å². The predicted octanol–water partition coefficient (Wildman–Crippen LogP) is 0.722. The van der Waals surface area contributed by atoms with E-state index in [1.807, 2.05) is 0 Å². The van der Waals surface area contributed by atoms with E-state index in [0.717, 1.165) is 0 Å². The summed E-state index contributed by atoms with van der Waals surface area (Å²) in [6.07, 6.45) is 0. The summed E-state index contributed by atoms with van der Waals surface area (Å²) in [6, 6.07) is 0. The maximum absolute atomic E-state index is 2.27. The normalized spacial score (nSPS) is 7.20. The van der Waals surface area contributed by atoms with Gasteiger partial charge in [-0.1, -0.05) is 19.6 Å². The summed E-state index contributed by atoms with van der Waals surface area (Å²) >= 11 is 0. The van der Waals surface area contributed by atoms with E-state index in [4.69, 9.17) is 0 Å². The Labute approximate surface area is 47.7 Å². The maximum atomic E-state index is 2.27. The summed E-state index contributed by atoms with van der Waals surface area (Å²) in [7, 11) is 0.120. The molecule has 0 saturated heterocycles. The zero-order chi connectivity index (χ0) is 3.58. The van der Waals surface area contributed by atoms with Crippen LogP contribution in [-0.2, 0) is 0 Å². The molecule has 0 nitrogen and oxygen atoms in total. The quantitative estimate of drug-likeness (QED) is 0.377. The fraction of sp³-hybridized carbons (Fsp3) is 1.00. The van der Waals surface area contributed by atoms with Crippen molar-refractivity contribution in [1.29, 1.82) is 0 Å². The van der Waals surface area contributed by atoms with Crippen LogP contribution >= 0.6 is 0 Å². The fourth-order valence-electron chi connectivity index (χ4n) is 0. The molecule has 0 aliphatic carbocycles.